The van der Waals surface area contributed by atoms with E-state index >= 15 is 0 Å². The van der Waals surface area contributed by atoms with Gasteiger partial charge < -0.3 is 5.11 Å². The molecule has 4 nitrogen and oxygen atoms in total. The van der Waals surface area contributed by atoms with E-state index in [9.17, 15) is 9.90 Å². The monoisotopic (exact) mass is 286 g/mol. The van der Waals surface area contributed by atoms with Gasteiger partial charge in [0, 0.05) is 6.54 Å². The molecule has 1 aromatic carbocycles. The maximum Gasteiger partial charge on any atom is 0.321 e. The van der Waals surface area contributed by atoms with Crippen LogP contribution in [0, 0.1) is 23.7 Å². The Kier molecular flexibility index (Phi) is 4.34. The van der Waals surface area contributed by atoms with E-state index < -0.39 is 12.0 Å². The second kappa shape index (κ2) is 5.87. The molecule has 1 N–H and O–H groups in total. The van der Waals surface area contributed by atoms with E-state index in [1.54, 1.807) is 6.07 Å². The van der Waals surface area contributed by atoms with Crippen LogP contribution >= 0.6 is 0 Å². The molecule has 21 heavy (non-hydrogen) atoms. The SMILES string of the molecule is Cc1cc(C#N)ccc1CN1CCCC(C)(C)C1C(=O)O. The molecule has 1 aliphatic rings. The quantitative estimate of drug-likeness (QED) is 0.928. The van der Waals surface area contributed by atoms with Crippen molar-refractivity contribution < 1.29 is 9.90 Å². The third-order valence-corrected chi connectivity index (χ3v) is 4.45. The molecule has 0 aromatic heterocycles. The molecule has 0 radical (unpaired) electrons. The van der Waals surface area contributed by atoms with Crippen molar-refractivity contribution in [1.82, 2.24) is 4.90 Å². The third kappa shape index (κ3) is 3.25. The van der Waals surface area contributed by atoms with Crippen molar-refractivity contribution in [3.63, 3.8) is 0 Å². The maximum atomic E-state index is 11.7. The Balaban J connectivity index is 2.25. The molecule has 0 bridgehead atoms. The Bertz CT molecular complexity index is 587. The first-order chi connectivity index (χ1) is 9.85. The Morgan fingerprint density at radius 2 is 2.24 bits per heavy atom. The second-order valence-electron chi connectivity index (χ2n) is 6.56. The van der Waals surface area contributed by atoms with Crippen LogP contribution in [0.5, 0.6) is 0 Å². The summed E-state index contributed by atoms with van der Waals surface area (Å²) in [5.74, 6) is -0.744. The predicted octanol–water partition coefficient (Wildman–Crippen LogP) is 2.94. The van der Waals surface area contributed by atoms with Gasteiger partial charge in [-0.3, -0.25) is 9.69 Å². The van der Waals surface area contributed by atoms with Crippen LogP contribution in [-0.2, 0) is 11.3 Å². The lowest BCUT2D eigenvalue weighted by atomic mass is 9.76. The number of nitriles is 1. The molecule has 1 saturated heterocycles. The topological polar surface area (TPSA) is 64.3 Å². The lowest BCUT2D eigenvalue weighted by molar-refractivity contribution is -0.151. The summed E-state index contributed by atoms with van der Waals surface area (Å²) in [5, 5.41) is 18.5. The number of hydrogen-bond donors (Lipinski definition) is 1. The highest BCUT2D eigenvalue weighted by molar-refractivity contribution is 5.74. The summed E-state index contributed by atoms with van der Waals surface area (Å²) in [7, 11) is 0. The first kappa shape index (κ1) is 15.5. The van der Waals surface area contributed by atoms with E-state index in [-0.39, 0.29) is 5.41 Å². The maximum absolute atomic E-state index is 11.7. The Morgan fingerprint density at radius 1 is 1.52 bits per heavy atom. The fraction of sp³-hybridized carbons (Fsp3) is 0.529. The van der Waals surface area contributed by atoms with Crippen LogP contribution < -0.4 is 0 Å². The van der Waals surface area contributed by atoms with Crippen molar-refractivity contribution in [1.29, 1.82) is 5.26 Å². The number of aliphatic carboxylic acids is 1. The molecule has 2 rings (SSSR count). The number of carboxylic acids is 1. The molecule has 1 heterocycles. The predicted molar refractivity (Wildman–Crippen MR) is 80.7 cm³/mol. The summed E-state index contributed by atoms with van der Waals surface area (Å²) in [4.78, 5) is 13.7. The molecule has 1 fully saturated rings. The van der Waals surface area contributed by atoms with Crippen molar-refractivity contribution in [3.8, 4) is 6.07 Å². The van der Waals surface area contributed by atoms with Crippen LogP contribution in [0.15, 0.2) is 18.2 Å². The van der Waals surface area contributed by atoms with Gasteiger partial charge in [-0.25, -0.2) is 0 Å². The van der Waals surface area contributed by atoms with E-state index in [1.807, 2.05) is 32.9 Å². The number of benzene rings is 1. The van der Waals surface area contributed by atoms with Crippen molar-refractivity contribution in [2.45, 2.75) is 46.2 Å². The van der Waals surface area contributed by atoms with Gasteiger partial charge in [-0.2, -0.15) is 5.26 Å². The summed E-state index contributed by atoms with van der Waals surface area (Å²) in [5.41, 5.74) is 2.56. The zero-order chi connectivity index (χ0) is 15.6. The number of hydrogen-bond acceptors (Lipinski definition) is 3. The minimum atomic E-state index is -0.744. The Labute approximate surface area is 126 Å². The number of aryl methyl sites for hydroxylation is 1. The molecule has 4 heteroatoms. The lowest BCUT2D eigenvalue weighted by Crippen LogP contribution is -2.53. The van der Waals surface area contributed by atoms with Gasteiger partial charge in [0.05, 0.1) is 11.6 Å². The van der Waals surface area contributed by atoms with Gasteiger partial charge in [-0.05, 0) is 55.0 Å². The number of likely N-dealkylation sites (tertiary alicyclic amines) is 1. The first-order valence-corrected chi connectivity index (χ1v) is 7.31. The van der Waals surface area contributed by atoms with Gasteiger partial charge in [0.15, 0.2) is 0 Å². The highest BCUT2D eigenvalue weighted by Crippen LogP contribution is 2.36. The minimum absolute atomic E-state index is 0.218. The van der Waals surface area contributed by atoms with E-state index in [4.69, 9.17) is 5.26 Å². The van der Waals surface area contributed by atoms with Crippen molar-refractivity contribution >= 4 is 5.97 Å². The van der Waals surface area contributed by atoms with Crippen LogP contribution in [0.3, 0.4) is 0 Å². The molecule has 0 amide bonds. The zero-order valence-electron chi connectivity index (χ0n) is 12.9. The molecular weight excluding hydrogens is 264 g/mol. The zero-order valence-corrected chi connectivity index (χ0v) is 12.9. The molecule has 0 spiro atoms. The van der Waals surface area contributed by atoms with Crippen LogP contribution in [0.4, 0.5) is 0 Å². The van der Waals surface area contributed by atoms with Gasteiger partial charge in [0.2, 0.25) is 0 Å². The van der Waals surface area contributed by atoms with Crippen LogP contribution in [0.25, 0.3) is 0 Å². The minimum Gasteiger partial charge on any atom is -0.480 e. The van der Waals surface area contributed by atoms with Crippen LogP contribution in [0.2, 0.25) is 0 Å². The van der Waals surface area contributed by atoms with Crippen molar-refractivity contribution in [2.75, 3.05) is 6.54 Å². The number of piperidine rings is 1. The molecular formula is C17H22N2O2. The fourth-order valence-corrected chi connectivity index (χ4v) is 3.32. The number of carboxylic acid groups (broad SMARTS) is 1. The Morgan fingerprint density at radius 3 is 2.81 bits per heavy atom. The summed E-state index contributed by atoms with van der Waals surface area (Å²) in [6, 6.07) is 7.27. The smallest absolute Gasteiger partial charge is 0.321 e. The average molecular weight is 286 g/mol. The van der Waals surface area contributed by atoms with E-state index in [1.165, 1.54) is 0 Å². The highest BCUT2D eigenvalue weighted by Gasteiger charge is 2.42. The van der Waals surface area contributed by atoms with E-state index in [2.05, 4.69) is 11.0 Å². The standard InChI is InChI=1S/C17H22N2O2/c1-12-9-13(10-18)5-6-14(12)11-19-8-4-7-17(2,3)15(19)16(20)21/h5-6,9,15H,4,7-8,11H2,1-3H3,(H,20,21). The summed E-state index contributed by atoms with van der Waals surface area (Å²) in [6.45, 7) is 7.46. The van der Waals surface area contributed by atoms with Gasteiger partial charge in [0.1, 0.15) is 6.04 Å². The molecule has 112 valence electrons. The van der Waals surface area contributed by atoms with Gasteiger partial charge in [0.25, 0.3) is 0 Å². The number of rotatable bonds is 3. The van der Waals surface area contributed by atoms with Crippen LogP contribution in [-0.4, -0.2) is 28.6 Å². The number of carbonyl (C=O) groups is 1. The molecule has 0 saturated carbocycles. The third-order valence-electron chi connectivity index (χ3n) is 4.45. The van der Waals surface area contributed by atoms with Gasteiger partial charge >= 0.3 is 5.97 Å². The summed E-state index contributed by atoms with van der Waals surface area (Å²) < 4.78 is 0. The largest absolute Gasteiger partial charge is 0.480 e. The normalized spacial score (nSPS) is 21.7. The molecule has 0 aliphatic carbocycles. The molecule has 1 unspecified atom stereocenters. The van der Waals surface area contributed by atoms with Crippen molar-refractivity contribution in [2.24, 2.45) is 5.41 Å². The molecule has 1 aromatic rings. The fourth-order valence-electron chi connectivity index (χ4n) is 3.32. The second-order valence-corrected chi connectivity index (χ2v) is 6.56. The van der Waals surface area contributed by atoms with Crippen molar-refractivity contribution in [3.05, 3.63) is 34.9 Å². The van der Waals surface area contributed by atoms with E-state index in [0.717, 1.165) is 30.5 Å². The average Bonchev–Trinajstić information content (AvgIpc) is 2.39. The highest BCUT2D eigenvalue weighted by atomic mass is 16.4. The molecule has 1 aliphatic heterocycles. The summed E-state index contributed by atoms with van der Waals surface area (Å²) in [6.07, 6.45) is 1.96. The van der Waals surface area contributed by atoms with E-state index in [0.29, 0.717) is 12.1 Å². The van der Waals surface area contributed by atoms with Gasteiger partial charge in [-0.1, -0.05) is 19.9 Å². The lowest BCUT2D eigenvalue weighted by Gasteiger charge is -2.44. The first-order valence-electron chi connectivity index (χ1n) is 7.31. The Hall–Kier alpha value is -1.86. The molecule has 1 atom stereocenters. The van der Waals surface area contributed by atoms with Gasteiger partial charge in [-0.15, -0.1) is 0 Å². The number of nitrogens with zero attached hydrogens (tertiary/aromatic N) is 2. The summed E-state index contributed by atoms with van der Waals surface area (Å²) >= 11 is 0. The van der Waals surface area contributed by atoms with Crippen LogP contribution in [0.1, 0.15) is 43.4 Å².